The third-order valence-corrected chi connectivity index (χ3v) is 4.01. The number of hydrogen-bond acceptors (Lipinski definition) is 5. The second kappa shape index (κ2) is 9.58. The van der Waals surface area contributed by atoms with Crippen LogP contribution in [0, 0.1) is 0 Å². The van der Waals surface area contributed by atoms with E-state index in [1.54, 1.807) is 12.3 Å². The number of oxime groups is 2. The topological polar surface area (TPSA) is 72.3 Å². The number of carbonyl (C=O) groups excluding carboxylic acids is 1. The molecule has 25 heavy (non-hydrogen) atoms. The molecule has 1 N–H and O–H groups in total. The van der Waals surface area contributed by atoms with Gasteiger partial charge in [-0.2, -0.15) is 0 Å². The average molecular weight is 404 g/mol. The van der Waals surface area contributed by atoms with Gasteiger partial charge in [0.1, 0.15) is 13.7 Å². The molecular weight excluding hydrogens is 386 g/mol. The van der Waals surface area contributed by atoms with Gasteiger partial charge in [-0.25, -0.2) is 0 Å². The van der Waals surface area contributed by atoms with Crippen LogP contribution in [0.15, 0.2) is 63.3 Å². The fourth-order valence-corrected chi connectivity index (χ4v) is 2.47. The monoisotopic (exact) mass is 403 g/mol. The summed E-state index contributed by atoms with van der Waals surface area (Å²) in [4.78, 5) is 22.2. The molecule has 0 aliphatic carbocycles. The zero-order chi connectivity index (χ0) is 18.1. The third kappa shape index (κ3) is 5.15. The van der Waals surface area contributed by atoms with Crippen molar-refractivity contribution in [1.82, 2.24) is 5.32 Å². The predicted molar refractivity (Wildman–Crippen MR) is 101 cm³/mol. The van der Waals surface area contributed by atoms with Crippen molar-refractivity contribution in [3.63, 3.8) is 0 Å². The molecule has 0 bridgehead atoms. The molecule has 0 unspecified atom stereocenters. The molecule has 1 amide bonds. The van der Waals surface area contributed by atoms with Crippen LogP contribution in [0.1, 0.15) is 16.7 Å². The summed E-state index contributed by atoms with van der Waals surface area (Å²) in [5.74, 6) is -0.342. The van der Waals surface area contributed by atoms with Gasteiger partial charge in [0.05, 0.1) is 6.21 Å². The average Bonchev–Trinajstić information content (AvgIpc) is 2.64. The van der Waals surface area contributed by atoms with E-state index in [0.29, 0.717) is 5.56 Å². The molecule has 0 saturated carbocycles. The van der Waals surface area contributed by atoms with E-state index in [-0.39, 0.29) is 18.2 Å². The van der Waals surface area contributed by atoms with Gasteiger partial charge in [0.15, 0.2) is 5.71 Å². The van der Waals surface area contributed by atoms with Crippen LogP contribution in [0.3, 0.4) is 0 Å². The predicted octanol–water partition coefficient (Wildman–Crippen LogP) is 3.10. The first kappa shape index (κ1) is 18.7. The summed E-state index contributed by atoms with van der Waals surface area (Å²) in [6, 6.07) is 15.0. The molecule has 2 aromatic rings. The molecule has 0 fully saturated rings. The lowest BCUT2D eigenvalue weighted by Gasteiger charge is -2.09. The van der Waals surface area contributed by atoms with Gasteiger partial charge >= 0.3 is 0 Å². The zero-order valence-electron chi connectivity index (χ0n) is 13.9. The molecule has 130 valence electrons. The summed E-state index contributed by atoms with van der Waals surface area (Å²) in [6.07, 6.45) is 1.62. The summed E-state index contributed by atoms with van der Waals surface area (Å²) in [5, 5.41) is 10.3. The highest BCUT2D eigenvalue weighted by Crippen LogP contribution is 2.15. The van der Waals surface area contributed by atoms with Crippen molar-refractivity contribution in [3.8, 4) is 0 Å². The number of carbonyl (C=O) groups is 1. The van der Waals surface area contributed by atoms with Crippen molar-refractivity contribution < 1.29 is 14.5 Å². The van der Waals surface area contributed by atoms with Gasteiger partial charge in [-0.15, -0.1) is 0 Å². The van der Waals surface area contributed by atoms with E-state index < -0.39 is 0 Å². The summed E-state index contributed by atoms with van der Waals surface area (Å²) in [6.45, 7) is 0.191. The first-order valence-corrected chi connectivity index (χ1v) is 8.28. The van der Waals surface area contributed by atoms with E-state index >= 15 is 0 Å². The lowest BCUT2D eigenvalue weighted by molar-refractivity contribution is -0.114. The largest absolute Gasteiger partial charge is 0.398 e. The van der Waals surface area contributed by atoms with Gasteiger partial charge in [-0.05, 0) is 6.07 Å². The fraction of sp³-hybridized carbons (Fsp3) is 0.167. The second-order valence-corrected chi connectivity index (χ2v) is 5.74. The number of rotatable bonds is 7. The molecule has 0 aliphatic heterocycles. The number of likely N-dealkylation sites (N-methyl/N-ethyl adjacent to an activating group) is 1. The highest BCUT2D eigenvalue weighted by molar-refractivity contribution is 9.10. The Labute approximate surface area is 154 Å². The maximum absolute atomic E-state index is 12.0. The summed E-state index contributed by atoms with van der Waals surface area (Å²) in [5.41, 5.74) is 2.48. The van der Waals surface area contributed by atoms with Gasteiger partial charge in [-0.1, -0.05) is 68.7 Å². The lowest BCUT2D eigenvalue weighted by atomic mass is 10.0. The van der Waals surface area contributed by atoms with Crippen LogP contribution in [0.2, 0.25) is 0 Å². The Morgan fingerprint density at radius 3 is 2.64 bits per heavy atom. The Hall–Kier alpha value is -2.67. The highest BCUT2D eigenvalue weighted by Gasteiger charge is 2.17. The minimum absolute atomic E-state index is 0.180. The van der Waals surface area contributed by atoms with E-state index in [2.05, 4.69) is 31.6 Å². The Bertz CT molecular complexity index is 791. The molecule has 0 heterocycles. The minimum Gasteiger partial charge on any atom is -0.398 e. The number of benzene rings is 2. The van der Waals surface area contributed by atoms with E-state index in [4.69, 9.17) is 9.68 Å². The Balaban J connectivity index is 2.14. The highest BCUT2D eigenvalue weighted by atomic mass is 79.9. The fourth-order valence-electron chi connectivity index (χ4n) is 2.08. The number of amides is 1. The van der Waals surface area contributed by atoms with E-state index in [1.165, 1.54) is 14.2 Å². The molecule has 0 aromatic heterocycles. The Kier molecular flexibility index (Phi) is 7.16. The third-order valence-electron chi connectivity index (χ3n) is 3.29. The summed E-state index contributed by atoms with van der Waals surface area (Å²) in [7, 11) is 2.93. The molecule has 2 rings (SSSR count). The normalized spacial score (nSPS) is 11.4. The van der Waals surface area contributed by atoms with Crippen molar-refractivity contribution in [2.75, 3.05) is 14.2 Å². The molecule has 0 radical (unpaired) electrons. The number of nitrogens with zero attached hydrogens (tertiary/aromatic N) is 2. The van der Waals surface area contributed by atoms with E-state index in [1.807, 2.05) is 42.5 Å². The van der Waals surface area contributed by atoms with Crippen LogP contribution in [-0.4, -0.2) is 32.0 Å². The SMILES string of the molecule is CNC(=O)/C(=N/OC)c1ccccc1CO/N=C\c1ccccc1Br. The maximum atomic E-state index is 12.0. The smallest absolute Gasteiger partial charge is 0.273 e. The molecule has 7 heteroatoms. The van der Waals surface area contributed by atoms with Crippen LogP contribution in [0.5, 0.6) is 0 Å². The van der Waals surface area contributed by atoms with Gasteiger partial charge in [0, 0.05) is 28.2 Å². The van der Waals surface area contributed by atoms with Gasteiger partial charge in [0.2, 0.25) is 0 Å². The molecule has 0 spiro atoms. The van der Waals surface area contributed by atoms with Gasteiger partial charge in [0.25, 0.3) is 5.91 Å². The van der Waals surface area contributed by atoms with Crippen LogP contribution < -0.4 is 5.32 Å². The first-order chi connectivity index (χ1) is 12.2. The molecular formula is C18H18BrN3O3. The van der Waals surface area contributed by atoms with E-state index in [9.17, 15) is 4.79 Å². The Morgan fingerprint density at radius 2 is 1.92 bits per heavy atom. The molecule has 2 aromatic carbocycles. The maximum Gasteiger partial charge on any atom is 0.273 e. The summed E-state index contributed by atoms with van der Waals surface area (Å²) < 4.78 is 0.928. The van der Waals surface area contributed by atoms with Crippen LogP contribution in [-0.2, 0) is 21.1 Å². The van der Waals surface area contributed by atoms with Crippen molar-refractivity contribution in [2.24, 2.45) is 10.3 Å². The van der Waals surface area contributed by atoms with Crippen LogP contribution in [0.25, 0.3) is 0 Å². The molecule has 0 aliphatic rings. The lowest BCUT2D eigenvalue weighted by Crippen LogP contribution is -2.29. The van der Waals surface area contributed by atoms with Gasteiger partial charge < -0.3 is 15.0 Å². The molecule has 6 nitrogen and oxygen atoms in total. The van der Waals surface area contributed by atoms with E-state index in [0.717, 1.165) is 15.6 Å². The van der Waals surface area contributed by atoms with Crippen molar-refractivity contribution >= 4 is 33.8 Å². The van der Waals surface area contributed by atoms with Crippen molar-refractivity contribution in [2.45, 2.75) is 6.61 Å². The first-order valence-electron chi connectivity index (χ1n) is 7.48. The Morgan fingerprint density at radius 1 is 1.20 bits per heavy atom. The standard InChI is InChI=1S/C18H18BrN3O3/c1-20-18(23)17(22-24-2)15-9-5-3-8-14(15)12-25-21-11-13-7-4-6-10-16(13)19/h3-11H,12H2,1-2H3,(H,20,23)/b21-11-,22-17+. The number of nitrogens with one attached hydrogen (secondary N) is 1. The van der Waals surface area contributed by atoms with Crippen molar-refractivity contribution in [3.05, 3.63) is 69.7 Å². The quantitative estimate of drug-likeness (QED) is 0.570. The summed E-state index contributed by atoms with van der Waals surface area (Å²) >= 11 is 3.44. The van der Waals surface area contributed by atoms with Crippen LogP contribution in [0.4, 0.5) is 0 Å². The number of halogens is 1. The van der Waals surface area contributed by atoms with Crippen molar-refractivity contribution in [1.29, 1.82) is 0 Å². The van der Waals surface area contributed by atoms with Gasteiger partial charge in [-0.3, -0.25) is 4.79 Å². The molecule has 0 saturated heterocycles. The number of hydrogen-bond donors (Lipinski definition) is 1. The van der Waals surface area contributed by atoms with Crippen LogP contribution >= 0.6 is 15.9 Å². The molecule has 0 atom stereocenters. The zero-order valence-corrected chi connectivity index (χ0v) is 15.5. The minimum atomic E-state index is -0.342. The second-order valence-electron chi connectivity index (χ2n) is 4.89.